The maximum absolute atomic E-state index is 11.6. The van der Waals surface area contributed by atoms with Crippen LogP contribution in [0.15, 0.2) is 24.3 Å². The van der Waals surface area contributed by atoms with E-state index >= 15 is 0 Å². The SMILES string of the molecule is CC(C)(C)c1ccc(OC(=O)CCCCCCl)cc1. The van der Waals surface area contributed by atoms with Gasteiger partial charge < -0.3 is 4.74 Å². The van der Waals surface area contributed by atoms with Crippen LogP contribution in [0.1, 0.15) is 52.0 Å². The van der Waals surface area contributed by atoms with Gasteiger partial charge in [0.1, 0.15) is 5.75 Å². The second kappa shape index (κ2) is 7.54. The monoisotopic (exact) mass is 282 g/mol. The molecule has 0 fully saturated rings. The summed E-state index contributed by atoms with van der Waals surface area (Å²) in [5.74, 6) is 1.11. The average molecular weight is 283 g/mol. The van der Waals surface area contributed by atoms with Crippen molar-refractivity contribution < 1.29 is 9.53 Å². The molecule has 1 aromatic rings. The summed E-state index contributed by atoms with van der Waals surface area (Å²) in [5.41, 5.74) is 1.35. The first-order chi connectivity index (χ1) is 8.93. The molecule has 0 unspecified atom stereocenters. The van der Waals surface area contributed by atoms with Gasteiger partial charge in [0.25, 0.3) is 0 Å². The normalized spacial score (nSPS) is 11.4. The lowest BCUT2D eigenvalue weighted by molar-refractivity contribution is -0.134. The highest BCUT2D eigenvalue weighted by Gasteiger charge is 2.13. The van der Waals surface area contributed by atoms with Crippen molar-refractivity contribution in [3.8, 4) is 5.75 Å². The number of unbranched alkanes of at least 4 members (excludes halogenated alkanes) is 2. The second-order valence-corrected chi connectivity index (χ2v) is 6.13. The zero-order valence-electron chi connectivity index (χ0n) is 12.0. The van der Waals surface area contributed by atoms with Crippen molar-refractivity contribution in [3.05, 3.63) is 29.8 Å². The number of ether oxygens (including phenoxy) is 1. The predicted octanol–water partition coefficient (Wildman–Crippen LogP) is 4.69. The summed E-state index contributed by atoms with van der Waals surface area (Å²) >= 11 is 5.58. The van der Waals surface area contributed by atoms with Crippen LogP contribution in [-0.4, -0.2) is 11.8 Å². The number of carbonyl (C=O) groups is 1. The van der Waals surface area contributed by atoms with E-state index in [0.717, 1.165) is 19.3 Å². The maximum atomic E-state index is 11.6. The largest absolute Gasteiger partial charge is 0.427 e. The third-order valence-corrected chi connectivity index (χ3v) is 3.23. The van der Waals surface area contributed by atoms with E-state index in [1.807, 2.05) is 24.3 Å². The molecule has 1 aromatic carbocycles. The third-order valence-electron chi connectivity index (χ3n) is 2.97. The fraction of sp³-hybridized carbons (Fsp3) is 0.562. The number of benzene rings is 1. The Kier molecular flexibility index (Phi) is 6.36. The van der Waals surface area contributed by atoms with Crippen molar-refractivity contribution >= 4 is 17.6 Å². The van der Waals surface area contributed by atoms with Crippen LogP contribution in [0, 0.1) is 0 Å². The minimum Gasteiger partial charge on any atom is -0.427 e. The number of hydrogen-bond donors (Lipinski definition) is 0. The molecule has 0 saturated heterocycles. The molecule has 0 atom stereocenters. The lowest BCUT2D eigenvalue weighted by Crippen LogP contribution is -2.11. The summed E-state index contributed by atoms with van der Waals surface area (Å²) in [6.07, 6.45) is 3.22. The van der Waals surface area contributed by atoms with Crippen molar-refractivity contribution in [1.29, 1.82) is 0 Å². The number of esters is 1. The van der Waals surface area contributed by atoms with Gasteiger partial charge in [-0.25, -0.2) is 0 Å². The highest BCUT2D eigenvalue weighted by atomic mass is 35.5. The van der Waals surface area contributed by atoms with Gasteiger partial charge in [0, 0.05) is 12.3 Å². The minimum absolute atomic E-state index is 0.115. The van der Waals surface area contributed by atoms with Crippen LogP contribution in [0.4, 0.5) is 0 Å². The third kappa shape index (κ3) is 6.11. The van der Waals surface area contributed by atoms with Gasteiger partial charge in [-0.15, -0.1) is 11.6 Å². The smallest absolute Gasteiger partial charge is 0.311 e. The molecule has 0 aliphatic rings. The number of halogens is 1. The Morgan fingerprint density at radius 1 is 1.11 bits per heavy atom. The van der Waals surface area contributed by atoms with Gasteiger partial charge in [0.2, 0.25) is 0 Å². The lowest BCUT2D eigenvalue weighted by atomic mass is 9.87. The van der Waals surface area contributed by atoms with Crippen LogP contribution in [0.25, 0.3) is 0 Å². The molecule has 0 spiro atoms. The molecule has 0 heterocycles. The van der Waals surface area contributed by atoms with Gasteiger partial charge in [-0.1, -0.05) is 39.3 Å². The van der Waals surface area contributed by atoms with Crippen LogP contribution in [0.3, 0.4) is 0 Å². The maximum Gasteiger partial charge on any atom is 0.311 e. The number of alkyl halides is 1. The Morgan fingerprint density at radius 3 is 2.26 bits per heavy atom. The molecule has 19 heavy (non-hydrogen) atoms. The second-order valence-electron chi connectivity index (χ2n) is 5.75. The van der Waals surface area contributed by atoms with Crippen LogP contribution >= 0.6 is 11.6 Å². The molecule has 106 valence electrons. The summed E-state index contributed by atoms with van der Waals surface area (Å²) in [6, 6.07) is 7.74. The van der Waals surface area contributed by atoms with Crippen LogP contribution in [0.2, 0.25) is 0 Å². The number of rotatable bonds is 6. The van der Waals surface area contributed by atoms with Gasteiger partial charge in [-0.3, -0.25) is 4.79 Å². The topological polar surface area (TPSA) is 26.3 Å². The van der Waals surface area contributed by atoms with Crippen molar-refractivity contribution in [2.24, 2.45) is 0 Å². The van der Waals surface area contributed by atoms with E-state index in [0.29, 0.717) is 18.1 Å². The molecule has 0 aromatic heterocycles. The molecule has 3 heteroatoms. The van der Waals surface area contributed by atoms with E-state index in [-0.39, 0.29) is 11.4 Å². The average Bonchev–Trinajstić information content (AvgIpc) is 2.34. The molecule has 0 amide bonds. The van der Waals surface area contributed by atoms with E-state index in [9.17, 15) is 4.79 Å². The fourth-order valence-corrected chi connectivity index (χ4v) is 1.94. The highest BCUT2D eigenvalue weighted by molar-refractivity contribution is 6.17. The first kappa shape index (κ1) is 16.0. The molecule has 0 aliphatic carbocycles. The Bertz CT molecular complexity index is 390. The fourth-order valence-electron chi connectivity index (χ4n) is 1.75. The zero-order valence-corrected chi connectivity index (χ0v) is 12.8. The van der Waals surface area contributed by atoms with Crippen molar-refractivity contribution in [2.45, 2.75) is 51.9 Å². The molecule has 0 bridgehead atoms. The summed E-state index contributed by atoms with van der Waals surface area (Å²) < 4.78 is 5.29. The van der Waals surface area contributed by atoms with Gasteiger partial charge in [0.05, 0.1) is 0 Å². The first-order valence-electron chi connectivity index (χ1n) is 6.80. The van der Waals surface area contributed by atoms with Crippen LogP contribution < -0.4 is 4.74 Å². The predicted molar refractivity (Wildman–Crippen MR) is 80.0 cm³/mol. The summed E-state index contributed by atoms with van der Waals surface area (Å²) in [5, 5.41) is 0. The number of hydrogen-bond acceptors (Lipinski definition) is 2. The van der Waals surface area contributed by atoms with Crippen molar-refractivity contribution in [1.82, 2.24) is 0 Å². The van der Waals surface area contributed by atoms with Crippen molar-refractivity contribution in [3.63, 3.8) is 0 Å². The van der Waals surface area contributed by atoms with Gasteiger partial charge >= 0.3 is 5.97 Å². The highest BCUT2D eigenvalue weighted by Crippen LogP contribution is 2.24. The molecule has 0 aliphatic heterocycles. The number of carbonyl (C=O) groups excluding carboxylic acids is 1. The van der Waals surface area contributed by atoms with E-state index in [4.69, 9.17) is 16.3 Å². The molecular weight excluding hydrogens is 260 g/mol. The molecule has 1 rings (SSSR count). The van der Waals surface area contributed by atoms with E-state index in [2.05, 4.69) is 20.8 Å². The van der Waals surface area contributed by atoms with Gasteiger partial charge in [-0.05, 0) is 36.0 Å². The quantitative estimate of drug-likeness (QED) is 0.327. The molecule has 0 N–H and O–H groups in total. The molecule has 0 radical (unpaired) electrons. The first-order valence-corrected chi connectivity index (χ1v) is 7.34. The Labute approximate surface area is 121 Å². The molecule has 0 saturated carbocycles. The summed E-state index contributed by atoms with van der Waals surface area (Å²) in [4.78, 5) is 11.6. The minimum atomic E-state index is -0.168. The van der Waals surface area contributed by atoms with Gasteiger partial charge in [0.15, 0.2) is 0 Å². The van der Waals surface area contributed by atoms with Crippen LogP contribution in [0.5, 0.6) is 5.75 Å². The Morgan fingerprint density at radius 2 is 1.74 bits per heavy atom. The summed E-state index contributed by atoms with van der Waals surface area (Å²) in [7, 11) is 0. The van der Waals surface area contributed by atoms with Crippen molar-refractivity contribution in [2.75, 3.05) is 5.88 Å². The molecule has 2 nitrogen and oxygen atoms in total. The standard InChI is InChI=1S/C16H23ClO2/c1-16(2,3)13-8-10-14(11-9-13)19-15(18)7-5-4-6-12-17/h8-11H,4-7,12H2,1-3H3. The summed E-state index contributed by atoms with van der Waals surface area (Å²) in [6.45, 7) is 6.47. The van der Waals surface area contributed by atoms with E-state index in [1.54, 1.807) is 0 Å². The Balaban J connectivity index is 2.43. The van der Waals surface area contributed by atoms with E-state index in [1.165, 1.54) is 5.56 Å². The zero-order chi connectivity index (χ0) is 14.3. The Hall–Kier alpha value is -1.02. The molecular formula is C16H23ClO2. The van der Waals surface area contributed by atoms with Gasteiger partial charge in [-0.2, -0.15) is 0 Å². The van der Waals surface area contributed by atoms with E-state index < -0.39 is 0 Å². The lowest BCUT2D eigenvalue weighted by Gasteiger charge is -2.18. The van der Waals surface area contributed by atoms with Crippen LogP contribution in [-0.2, 0) is 10.2 Å².